The minimum Gasteiger partial charge on any atom is -0.451 e. The van der Waals surface area contributed by atoms with Gasteiger partial charge in [-0.2, -0.15) is 5.26 Å². The molecule has 1 aromatic rings. The minimum absolute atomic E-state index is 0.143. The Morgan fingerprint density at radius 1 is 1.29 bits per heavy atom. The van der Waals surface area contributed by atoms with Gasteiger partial charge in [0.2, 0.25) is 0 Å². The second-order valence-electron chi connectivity index (χ2n) is 6.21. The molecule has 1 aliphatic carbocycles. The highest BCUT2D eigenvalue weighted by molar-refractivity contribution is 6.01. The van der Waals surface area contributed by atoms with Crippen LogP contribution in [0, 0.1) is 25.2 Å². The smallest absolute Gasteiger partial charge is 0.355 e. The number of esters is 1. The lowest BCUT2D eigenvalue weighted by atomic mass is 10.00. The monoisotopic (exact) mass is 331 g/mol. The summed E-state index contributed by atoms with van der Waals surface area (Å²) >= 11 is 0. The van der Waals surface area contributed by atoms with Crippen molar-refractivity contribution in [1.29, 1.82) is 5.26 Å². The zero-order chi connectivity index (χ0) is 17.9. The molecule has 1 fully saturated rings. The van der Waals surface area contributed by atoms with Gasteiger partial charge in [0.15, 0.2) is 12.4 Å². The Balaban J connectivity index is 1.99. The van der Waals surface area contributed by atoms with Crippen LogP contribution in [0.25, 0.3) is 0 Å². The largest absolute Gasteiger partial charge is 0.451 e. The number of Topliss-reactive ketones (excluding diaryl/α,β-unsaturated/α-hetero) is 1. The van der Waals surface area contributed by atoms with Crippen LogP contribution in [0.1, 0.15) is 64.7 Å². The normalized spacial score (nSPS) is 15.6. The maximum atomic E-state index is 12.1. The molecule has 1 aliphatic rings. The lowest BCUT2D eigenvalue weighted by molar-refractivity contribution is -0.125. The first-order valence-electron chi connectivity index (χ1n) is 7.89. The molecule has 0 radical (unpaired) electrons. The highest BCUT2D eigenvalue weighted by atomic mass is 16.5. The molecule has 7 nitrogen and oxygen atoms in total. The number of aryl methyl sites for hydroxylation is 1. The van der Waals surface area contributed by atoms with E-state index in [2.05, 4.69) is 16.4 Å². The van der Waals surface area contributed by atoms with Crippen LogP contribution in [0.5, 0.6) is 0 Å². The molecule has 0 unspecified atom stereocenters. The van der Waals surface area contributed by atoms with Gasteiger partial charge in [-0.3, -0.25) is 9.59 Å². The van der Waals surface area contributed by atoms with Gasteiger partial charge in [0.25, 0.3) is 5.91 Å². The SMILES string of the molecule is CC(=O)c1c(C)[nH]c(C(=O)OCC(=O)NC2(C#N)CCCC2)c1C. The second kappa shape index (κ2) is 6.87. The number of aromatic amines is 1. The lowest BCUT2D eigenvalue weighted by Gasteiger charge is -2.21. The molecule has 0 spiro atoms. The lowest BCUT2D eigenvalue weighted by Crippen LogP contribution is -2.46. The Labute approximate surface area is 140 Å². The molecule has 0 aromatic carbocycles. The van der Waals surface area contributed by atoms with Crippen molar-refractivity contribution in [1.82, 2.24) is 10.3 Å². The summed E-state index contributed by atoms with van der Waals surface area (Å²) in [5, 5.41) is 11.9. The van der Waals surface area contributed by atoms with Gasteiger partial charge in [0.1, 0.15) is 11.2 Å². The van der Waals surface area contributed by atoms with Gasteiger partial charge in [-0.05, 0) is 52.0 Å². The van der Waals surface area contributed by atoms with Gasteiger partial charge in [-0.25, -0.2) is 4.79 Å². The molecular formula is C17H21N3O4. The predicted molar refractivity (Wildman–Crippen MR) is 85.5 cm³/mol. The van der Waals surface area contributed by atoms with Crippen molar-refractivity contribution in [2.45, 2.75) is 52.0 Å². The summed E-state index contributed by atoms with van der Waals surface area (Å²) in [5.74, 6) is -1.34. The van der Waals surface area contributed by atoms with Crippen molar-refractivity contribution >= 4 is 17.7 Å². The fourth-order valence-electron chi connectivity index (χ4n) is 3.23. The Bertz CT molecular complexity index is 721. The second-order valence-corrected chi connectivity index (χ2v) is 6.21. The topological polar surface area (TPSA) is 112 Å². The highest BCUT2D eigenvalue weighted by Crippen LogP contribution is 2.28. The van der Waals surface area contributed by atoms with Gasteiger partial charge in [-0.1, -0.05) is 0 Å². The number of ether oxygens (including phenoxy) is 1. The van der Waals surface area contributed by atoms with E-state index in [1.807, 2.05) is 0 Å². The van der Waals surface area contributed by atoms with Crippen molar-refractivity contribution in [3.05, 3.63) is 22.5 Å². The molecule has 7 heteroatoms. The van der Waals surface area contributed by atoms with E-state index in [4.69, 9.17) is 4.74 Å². The number of nitrogens with one attached hydrogen (secondary N) is 2. The van der Waals surface area contributed by atoms with Crippen molar-refractivity contribution in [2.24, 2.45) is 0 Å². The van der Waals surface area contributed by atoms with Gasteiger partial charge in [-0.15, -0.1) is 0 Å². The summed E-state index contributed by atoms with van der Waals surface area (Å²) in [5.41, 5.74) is 0.882. The van der Waals surface area contributed by atoms with Crippen LogP contribution in [-0.2, 0) is 9.53 Å². The number of rotatable bonds is 5. The number of amides is 1. The third-order valence-corrected chi connectivity index (χ3v) is 4.38. The summed E-state index contributed by atoms with van der Waals surface area (Å²) < 4.78 is 5.02. The molecule has 2 N–H and O–H groups in total. The van der Waals surface area contributed by atoms with E-state index in [1.54, 1.807) is 13.8 Å². The summed E-state index contributed by atoms with van der Waals surface area (Å²) in [6, 6.07) is 2.14. The van der Waals surface area contributed by atoms with Crippen LogP contribution >= 0.6 is 0 Å². The number of nitrogens with zero attached hydrogens (tertiary/aromatic N) is 1. The van der Waals surface area contributed by atoms with Crippen molar-refractivity contribution < 1.29 is 19.1 Å². The Hall–Kier alpha value is -2.62. The number of nitriles is 1. The standard InChI is InChI=1S/C17H21N3O4/c1-10-14(12(3)21)11(2)19-15(10)16(23)24-8-13(22)20-17(9-18)6-4-5-7-17/h19H,4-8H2,1-3H3,(H,20,22). The van der Waals surface area contributed by atoms with Crippen LogP contribution in [-0.4, -0.2) is 34.8 Å². The number of hydrogen-bond acceptors (Lipinski definition) is 5. The predicted octanol–water partition coefficient (Wildman–Crippen LogP) is 1.94. The molecular weight excluding hydrogens is 310 g/mol. The molecule has 24 heavy (non-hydrogen) atoms. The number of carbonyl (C=O) groups excluding carboxylic acids is 3. The molecule has 0 saturated heterocycles. The molecule has 1 aromatic heterocycles. The summed E-state index contributed by atoms with van der Waals surface area (Å²) in [4.78, 5) is 38.5. The highest BCUT2D eigenvalue weighted by Gasteiger charge is 2.35. The van der Waals surface area contributed by atoms with Gasteiger partial charge >= 0.3 is 5.97 Å². The van der Waals surface area contributed by atoms with Crippen LogP contribution in [0.15, 0.2) is 0 Å². The Morgan fingerprint density at radius 2 is 1.92 bits per heavy atom. The third kappa shape index (κ3) is 3.48. The average molecular weight is 331 g/mol. The third-order valence-electron chi connectivity index (χ3n) is 4.38. The molecule has 0 atom stereocenters. The molecule has 2 rings (SSSR count). The zero-order valence-corrected chi connectivity index (χ0v) is 14.1. The summed E-state index contributed by atoms with van der Waals surface area (Å²) in [7, 11) is 0. The van der Waals surface area contributed by atoms with Gasteiger partial charge in [0.05, 0.1) is 6.07 Å². The van der Waals surface area contributed by atoms with Crippen molar-refractivity contribution in [3.8, 4) is 6.07 Å². The van der Waals surface area contributed by atoms with E-state index in [9.17, 15) is 19.6 Å². The van der Waals surface area contributed by atoms with E-state index < -0.39 is 24.0 Å². The van der Waals surface area contributed by atoms with Crippen LogP contribution in [0.4, 0.5) is 0 Å². The molecule has 0 aliphatic heterocycles. The van der Waals surface area contributed by atoms with Gasteiger partial charge < -0.3 is 15.0 Å². The zero-order valence-electron chi connectivity index (χ0n) is 14.1. The number of carbonyl (C=O) groups is 3. The fraction of sp³-hybridized carbons (Fsp3) is 0.529. The maximum absolute atomic E-state index is 12.1. The molecule has 1 saturated carbocycles. The van der Waals surface area contributed by atoms with E-state index in [0.29, 0.717) is 29.7 Å². The average Bonchev–Trinajstić information content (AvgIpc) is 3.10. The quantitative estimate of drug-likeness (QED) is 0.632. The van der Waals surface area contributed by atoms with Crippen molar-refractivity contribution in [2.75, 3.05) is 6.61 Å². The number of ketones is 1. The number of hydrogen-bond donors (Lipinski definition) is 2. The summed E-state index contributed by atoms with van der Waals surface area (Å²) in [6.45, 7) is 4.31. The van der Waals surface area contributed by atoms with Crippen LogP contribution in [0.3, 0.4) is 0 Å². The Kier molecular flexibility index (Phi) is 5.07. The van der Waals surface area contributed by atoms with E-state index >= 15 is 0 Å². The van der Waals surface area contributed by atoms with Gasteiger partial charge in [0, 0.05) is 11.3 Å². The first-order chi connectivity index (χ1) is 11.3. The molecule has 1 heterocycles. The maximum Gasteiger partial charge on any atom is 0.355 e. The first-order valence-corrected chi connectivity index (χ1v) is 7.89. The molecule has 128 valence electrons. The minimum atomic E-state index is -0.843. The van der Waals surface area contributed by atoms with Crippen LogP contribution < -0.4 is 5.32 Å². The molecule has 1 amide bonds. The van der Waals surface area contributed by atoms with Crippen LogP contribution in [0.2, 0.25) is 0 Å². The molecule has 0 bridgehead atoms. The van der Waals surface area contributed by atoms with E-state index in [-0.39, 0.29) is 11.5 Å². The Morgan fingerprint density at radius 3 is 2.42 bits per heavy atom. The van der Waals surface area contributed by atoms with E-state index in [0.717, 1.165) is 12.8 Å². The number of H-pyrrole nitrogens is 1. The number of aromatic nitrogens is 1. The first kappa shape index (κ1) is 17.7. The van der Waals surface area contributed by atoms with Crippen molar-refractivity contribution in [3.63, 3.8) is 0 Å². The summed E-state index contributed by atoms with van der Waals surface area (Å²) in [6.07, 6.45) is 3.00. The fourth-order valence-corrected chi connectivity index (χ4v) is 3.23. The van der Waals surface area contributed by atoms with E-state index in [1.165, 1.54) is 6.92 Å².